The summed E-state index contributed by atoms with van der Waals surface area (Å²) in [5.41, 5.74) is 8.57. The Morgan fingerprint density at radius 2 is 1.11 bits per heavy atom. The first-order chi connectivity index (χ1) is 18.8. The summed E-state index contributed by atoms with van der Waals surface area (Å²) >= 11 is 0. The van der Waals surface area contributed by atoms with E-state index in [2.05, 4.69) is 107 Å². The Bertz CT molecular complexity index is 2060. The van der Waals surface area contributed by atoms with Crippen LogP contribution in [0.5, 0.6) is 0 Å². The molecule has 178 valence electrons. The van der Waals surface area contributed by atoms with E-state index in [1.807, 2.05) is 35.2 Å². The van der Waals surface area contributed by atoms with E-state index in [0.29, 0.717) is 5.82 Å². The van der Waals surface area contributed by atoms with Crippen LogP contribution in [0.25, 0.3) is 66.4 Å². The number of aromatic nitrogens is 5. The lowest BCUT2D eigenvalue weighted by Crippen LogP contribution is -1.95. The van der Waals surface area contributed by atoms with Gasteiger partial charge >= 0.3 is 0 Å². The molecule has 4 aromatic carbocycles. The Hall–Kier alpha value is -5.29. The Morgan fingerprint density at radius 3 is 1.82 bits per heavy atom. The van der Waals surface area contributed by atoms with Crippen LogP contribution in [0.1, 0.15) is 0 Å². The first-order valence-electron chi connectivity index (χ1n) is 12.6. The molecule has 0 unspecified atom stereocenters. The van der Waals surface area contributed by atoms with Gasteiger partial charge in [-0.05, 0) is 48.5 Å². The molecule has 5 nitrogen and oxygen atoms in total. The summed E-state index contributed by atoms with van der Waals surface area (Å²) in [6, 6.07) is 38.1. The average molecular weight is 488 g/mol. The third kappa shape index (κ3) is 3.09. The van der Waals surface area contributed by atoms with Crippen LogP contribution in [-0.2, 0) is 0 Å². The fraction of sp³-hybridized carbons (Fsp3) is 0. The fourth-order valence-corrected chi connectivity index (χ4v) is 5.50. The minimum absolute atomic E-state index is 0.699. The quantitative estimate of drug-likeness (QED) is 0.256. The molecule has 0 atom stereocenters. The molecular weight excluding hydrogens is 466 g/mol. The Morgan fingerprint density at radius 1 is 0.474 bits per heavy atom. The van der Waals surface area contributed by atoms with Crippen molar-refractivity contribution in [2.75, 3.05) is 0 Å². The highest BCUT2D eigenvalue weighted by Crippen LogP contribution is 2.32. The maximum atomic E-state index is 4.71. The highest BCUT2D eigenvalue weighted by atomic mass is 15.2. The zero-order valence-corrected chi connectivity index (χ0v) is 20.4. The second kappa shape index (κ2) is 8.11. The summed E-state index contributed by atoms with van der Waals surface area (Å²) in [4.78, 5) is 9.42. The van der Waals surface area contributed by atoms with Crippen molar-refractivity contribution in [1.29, 1.82) is 0 Å². The summed E-state index contributed by atoms with van der Waals surface area (Å²) < 4.78 is 4.29. The zero-order valence-electron chi connectivity index (χ0n) is 20.4. The van der Waals surface area contributed by atoms with E-state index in [4.69, 9.17) is 9.97 Å². The Kier molecular flexibility index (Phi) is 4.45. The van der Waals surface area contributed by atoms with Crippen LogP contribution in [0.2, 0.25) is 0 Å². The van der Waals surface area contributed by atoms with Crippen LogP contribution in [0.3, 0.4) is 0 Å². The maximum absolute atomic E-state index is 4.71. The molecule has 0 fully saturated rings. The molecule has 0 aliphatic carbocycles. The van der Waals surface area contributed by atoms with Crippen LogP contribution in [0.15, 0.2) is 128 Å². The Balaban J connectivity index is 1.16. The second-order valence-electron chi connectivity index (χ2n) is 9.46. The lowest BCUT2D eigenvalue weighted by Gasteiger charge is -2.09. The van der Waals surface area contributed by atoms with Gasteiger partial charge in [-0.25, -0.2) is 14.5 Å². The van der Waals surface area contributed by atoms with Crippen molar-refractivity contribution in [1.82, 2.24) is 24.1 Å². The molecule has 0 saturated heterocycles. The maximum Gasteiger partial charge on any atom is 0.159 e. The number of fused-ring (bicyclic) bond motifs is 6. The molecular formula is C33H21N5. The predicted molar refractivity (Wildman–Crippen MR) is 153 cm³/mol. The molecule has 0 saturated carbocycles. The predicted octanol–water partition coefficient (Wildman–Crippen LogP) is 7.71. The normalized spacial score (nSPS) is 11.7. The summed E-state index contributed by atoms with van der Waals surface area (Å²) in [6.45, 7) is 0. The number of benzene rings is 4. The van der Waals surface area contributed by atoms with Gasteiger partial charge in [0.2, 0.25) is 0 Å². The third-order valence-corrected chi connectivity index (χ3v) is 7.32. The third-order valence-electron chi connectivity index (χ3n) is 7.32. The topological polar surface area (TPSA) is 48.0 Å². The van der Waals surface area contributed by atoms with Gasteiger partial charge in [0.1, 0.15) is 0 Å². The summed E-state index contributed by atoms with van der Waals surface area (Å²) in [5.74, 6) is 0.699. The van der Waals surface area contributed by atoms with Gasteiger partial charge in [0.15, 0.2) is 5.82 Å². The molecule has 8 rings (SSSR count). The number of pyridine rings is 1. The molecule has 4 aromatic heterocycles. The molecule has 5 heteroatoms. The van der Waals surface area contributed by atoms with Gasteiger partial charge in [-0.15, -0.1) is 0 Å². The summed E-state index contributed by atoms with van der Waals surface area (Å²) in [7, 11) is 0. The van der Waals surface area contributed by atoms with Gasteiger partial charge in [0, 0.05) is 50.9 Å². The van der Waals surface area contributed by atoms with Gasteiger partial charge in [0.05, 0.1) is 28.3 Å². The van der Waals surface area contributed by atoms with Crippen molar-refractivity contribution in [3.8, 4) is 28.2 Å². The lowest BCUT2D eigenvalue weighted by atomic mass is 10.1. The number of hydrogen-bond acceptors (Lipinski definition) is 3. The average Bonchev–Trinajstić information content (AvgIpc) is 3.57. The number of hydrogen-bond donors (Lipinski definition) is 0. The molecule has 0 N–H and O–H groups in total. The van der Waals surface area contributed by atoms with Gasteiger partial charge in [-0.1, -0.05) is 60.7 Å². The van der Waals surface area contributed by atoms with E-state index in [0.717, 1.165) is 38.8 Å². The fourth-order valence-electron chi connectivity index (χ4n) is 5.50. The van der Waals surface area contributed by atoms with Crippen LogP contribution in [0.4, 0.5) is 0 Å². The number of rotatable bonds is 3. The minimum atomic E-state index is 0.699. The van der Waals surface area contributed by atoms with Gasteiger partial charge in [-0.2, -0.15) is 5.10 Å². The molecule has 0 aliphatic rings. The minimum Gasteiger partial charge on any atom is -0.309 e. The number of nitrogens with zero attached hydrogens (tertiary/aromatic N) is 5. The standard InChI is InChI=1S/C33H21N5/c1-4-10-29-22(7-1)15-18-32-28(21-36-38(29)32)24-19-34-33(35-20-24)23-13-16-25(17-14-23)37-30-11-5-2-8-26(30)27-9-3-6-12-31(27)37/h1-21H. The monoisotopic (exact) mass is 487 g/mol. The largest absolute Gasteiger partial charge is 0.309 e. The van der Waals surface area contributed by atoms with Crippen molar-refractivity contribution in [3.05, 3.63) is 128 Å². The van der Waals surface area contributed by atoms with Crippen LogP contribution < -0.4 is 0 Å². The van der Waals surface area contributed by atoms with E-state index >= 15 is 0 Å². The van der Waals surface area contributed by atoms with Crippen molar-refractivity contribution >= 4 is 38.2 Å². The van der Waals surface area contributed by atoms with E-state index in [1.54, 1.807) is 0 Å². The van der Waals surface area contributed by atoms with Crippen molar-refractivity contribution in [2.45, 2.75) is 0 Å². The number of para-hydroxylation sites is 3. The summed E-state index contributed by atoms with van der Waals surface area (Å²) in [6.07, 6.45) is 5.66. The first kappa shape index (κ1) is 20.9. The van der Waals surface area contributed by atoms with Crippen molar-refractivity contribution < 1.29 is 0 Å². The van der Waals surface area contributed by atoms with E-state index < -0.39 is 0 Å². The van der Waals surface area contributed by atoms with Gasteiger partial charge in [0.25, 0.3) is 0 Å². The molecule has 4 heterocycles. The Labute approximate surface area is 218 Å². The van der Waals surface area contributed by atoms with Crippen molar-refractivity contribution in [3.63, 3.8) is 0 Å². The zero-order chi connectivity index (χ0) is 25.1. The molecule has 8 aromatic rings. The van der Waals surface area contributed by atoms with Crippen LogP contribution in [0, 0.1) is 0 Å². The SMILES string of the molecule is c1ccc2c(c1)ccc1c(-c3cnc(-c4ccc(-n5c6ccccc6c6ccccc65)cc4)nc3)cnn12. The van der Waals surface area contributed by atoms with Gasteiger partial charge in [-0.3, -0.25) is 0 Å². The molecule has 0 amide bonds. The van der Waals surface area contributed by atoms with E-state index in [9.17, 15) is 0 Å². The van der Waals surface area contributed by atoms with Crippen LogP contribution >= 0.6 is 0 Å². The van der Waals surface area contributed by atoms with Gasteiger partial charge < -0.3 is 4.57 Å². The van der Waals surface area contributed by atoms with Crippen molar-refractivity contribution in [2.24, 2.45) is 0 Å². The van der Waals surface area contributed by atoms with Crippen LogP contribution in [-0.4, -0.2) is 24.1 Å². The molecule has 0 aliphatic heterocycles. The molecule has 0 spiro atoms. The molecule has 38 heavy (non-hydrogen) atoms. The lowest BCUT2D eigenvalue weighted by molar-refractivity contribution is 1.00. The highest BCUT2D eigenvalue weighted by Gasteiger charge is 2.13. The molecule has 0 bridgehead atoms. The second-order valence-corrected chi connectivity index (χ2v) is 9.46. The highest BCUT2D eigenvalue weighted by molar-refractivity contribution is 6.09. The smallest absolute Gasteiger partial charge is 0.159 e. The molecule has 0 radical (unpaired) electrons. The van der Waals surface area contributed by atoms with E-state index in [1.165, 1.54) is 21.8 Å². The summed E-state index contributed by atoms with van der Waals surface area (Å²) in [5, 5.41) is 8.31. The van der Waals surface area contributed by atoms with E-state index in [-0.39, 0.29) is 0 Å². The first-order valence-corrected chi connectivity index (χ1v) is 12.6.